The van der Waals surface area contributed by atoms with E-state index in [-0.39, 0.29) is 12.4 Å². The summed E-state index contributed by atoms with van der Waals surface area (Å²) >= 11 is 0. The summed E-state index contributed by atoms with van der Waals surface area (Å²) in [4.78, 5) is 13.7. The van der Waals surface area contributed by atoms with Crippen LogP contribution in [-0.4, -0.2) is 26.6 Å². The van der Waals surface area contributed by atoms with Crippen molar-refractivity contribution in [2.24, 2.45) is 0 Å². The molecule has 24 heavy (non-hydrogen) atoms. The number of ether oxygens (including phenoxy) is 1. The van der Waals surface area contributed by atoms with Crippen LogP contribution in [0.15, 0.2) is 48.5 Å². The molecule has 2 rings (SSSR count). The Kier molecular flexibility index (Phi) is 5.33. The van der Waals surface area contributed by atoms with E-state index in [1.165, 1.54) is 12.1 Å². The molecular weight excluding hydrogens is 321 g/mol. The maximum atomic E-state index is 12.6. The first-order valence-electron chi connectivity index (χ1n) is 7.13. The van der Waals surface area contributed by atoms with E-state index < -0.39 is 17.6 Å². The molecule has 0 atom stereocenters. The number of carbonyl (C=O) groups is 1. The minimum absolute atomic E-state index is 0.0112. The Morgan fingerprint density at radius 3 is 2.38 bits per heavy atom. The van der Waals surface area contributed by atoms with Gasteiger partial charge in [0.25, 0.3) is 5.91 Å². The molecule has 2 aromatic rings. The molecule has 0 bridgehead atoms. The van der Waals surface area contributed by atoms with Gasteiger partial charge in [-0.1, -0.05) is 6.07 Å². The number of anilines is 2. The normalized spacial score (nSPS) is 11.0. The van der Waals surface area contributed by atoms with Crippen molar-refractivity contribution < 1.29 is 22.7 Å². The second kappa shape index (κ2) is 7.25. The Hall–Kier alpha value is -2.70. The van der Waals surface area contributed by atoms with Gasteiger partial charge in [-0.25, -0.2) is 0 Å². The molecule has 0 saturated carbocycles. The fourth-order valence-corrected chi connectivity index (χ4v) is 1.95. The van der Waals surface area contributed by atoms with Crippen LogP contribution in [0.2, 0.25) is 0 Å². The molecule has 0 aliphatic rings. The van der Waals surface area contributed by atoms with Gasteiger partial charge in [0.2, 0.25) is 0 Å². The van der Waals surface area contributed by atoms with Crippen LogP contribution >= 0.6 is 0 Å². The Morgan fingerprint density at radius 2 is 1.79 bits per heavy atom. The average Bonchev–Trinajstić information content (AvgIpc) is 2.53. The van der Waals surface area contributed by atoms with Gasteiger partial charge in [0.15, 0.2) is 6.61 Å². The number of nitrogens with zero attached hydrogens (tertiary/aromatic N) is 1. The van der Waals surface area contributed by atoms with Gasteiger partial charge in [-0.15, -0.1) is 0 Å². The molecule has 0 fully saturated rings. The largest absolute Gasteiger partial charge is 0.484 e. The second-order valence-electron chi connectivity index (χ2n) is 5.30. The van der Waals surface area contributed by atoms with Crippen molar-refractivity contribution in [3.63, 3.8) is 0 Å². The van der Waals surface area contributed by atoms with Crippen LogP contribution in [0.4, 0.5) is 24.5 Å². The molecule has 1 N–H and O–H groups in total. The molecule has 0 spiro atoms. The van der Waals surface area contributed by atoms with Crippen molar-refractivity contribution in [2.75, 3.05) is 30.9 Å². The van der Waals surface area contributed by atoms with E-state index in [0.29, 0.717) is 5.69 Å². The Balaban J connectivity index is 1.91. The fraction of sp³-hybridized carbons (Fsp3) is 0.235. The van der Waals surface area contributed by atoms with Crippen LogP contribution in [-0.2, 0) is 11.0 Å². The summed E-state index contributed by atoms with van der Waals surface area (Å²) in [5, 5.41) is 2.62. The number of benzene rings is 2. The number of hydrogen-bond donors (Lipinski definition) is 1. The predicted octanol–water partition coefficient (Wildman–Crippen LogP) is 3.79. The molecule has 0 saturated heterocycles. The fourth-order valence-electron chi connectivity index (χ4n) is 1.95. The van der Waals surface area contributed by atoms with Crippen LogP contribution in [0, 0.1) is 0 Å². The van der Waals surface area contributed by atoms with Crippen molar-refractivity contribution >= 4 is 17.3 Å². The van der Waals surface area contributed by atoms with Gasteiger partial charge in [0, 0.05) is 25.5 Å². The summed E-state index contributed by atoms with van der Waals surface area (Å²) in [5.74, 6) is -0.465. The van der Waals surface area contributed by atoms with Gasteiger partial charge in [-0.2, -0.15) is 13.2 Å². The number of rotatable bonds is 5. The van der Waals surface area contributed by atoms with Crippen LogP contribution in [0.5, 0.6) is 5.75 Å². The van der Waals surface area contributed by atoms with E-state index in [0.717, 1.165) is 17.8 Å². The highest BCUT2D eigenvalue weighted by Gasteiger charge is 2.30. The Labute approximate surface area is 137 Å². The van der Waals surface area contributed by atoms with E-state index in [4.69, 9.17) is 4.74 Å². The zero-order valence-electron chi connectivity index (χ0n) is 13.2. The summed E-state index contributed by atoms with van der Waals surface area (Å²) < 4.78 is 42.9. The third-order valence-corrected chi connectivity index (χ3v) is 3.20. The SMILES string of the molecule is CN(C)c1ccc(NC(=O)COc2cccc(C(F)(F)F)c2)cc1. The third-order valence-electron chi connectivity index (χ3n) is 3.20. The van der Waals surface area contributed by atoms with Gasteiger partial charge in [-0.3, -0.25) is 4.79 Å². The Bertz CT molecular complexity index is 698. The number of halogens is 3. The molecule has 1 amide bonds. The highest BCUT2D eigenvalue weighted by molar-refractivity contribution is 5.92. The minimum atomic E-state index is -4.45. The molecule has 0 aliphatic heterocycles. The lowest BCUT2D eigenvalue weighted by molar-refractivity contribution is -0.137. The molecule has 128 valence electrons. The lowest BCUT2D eigenvalue weighted by Crippen LogP contribution is -2.20. The topological polar surface area (TPSA) is 41.6 Å². The first kappa shape index (κ1) is 17.7. The summed E-state index contributed by atoms with van der Waals surface area (Å²) in [5.41, 5.74) is 0.742. The van der Waals surface area contributed by atoms with Crippen LogP contribution in [0.1, 0.15) is 5.56 Å². The standard InChI is InChI=1S/C17H17F3N2O2/c1-22(2)14-8-6-13(7-9-14)21-16(23)11-24-15-5-3-4-12(10-15)17(18,19)20/h3-10H,11H2,1-2H3,(H,21,23). The van der Waals surface area contributed by atoms with E-state index in [1.54, 1.807) is 12.1 Å². The summed E-state index contributed by atoms with van der Waals surface area (Å²) in [7, 11) is 3.80. The summed E-state index contributed by atoms with van der Waals surface area (Å²) in [6.45, 7) is -0.378. The highest BCUT2D eigenvalue weighted by atomic mass is 19.4. The van der Waals surface area contributed by atoms with Crippen molar-refractivity contribution in [1.82, 2.24) is 0 Å². The second-order valence-corrected chi connectivity index (χ2v) is 5.30. The van der Waals surface area contributed by atoms with Crippen molar-refractivity contribution in [3.05, 3.63) is 54.1 Å². The monoisotopic (exact) mass is 338 g/mol. The average molecular weight is 338 g/mol. The highest BCUT2D eigenvalue weighted by Crippen LogP contribution is 2.31. The van der Waals surface area contributed by atoms with Crippen molar-refractivity contribution in [2.45, 2.75) is 6.18 Å². The summed E-state index contributed by atoms with van der Waals surface area (Å²) in [6.07, 6.45) is -4.45. The molecule has 4 nitrogen and oxygen atoms in total. The molecule has 0 heterocycles. The lowest BCUT2D eigenvalue weighted by Gasteiger charge is -2.13. The van der Waals surface area contributed by atoms with E-state index >= 15 is 0 Å². The van der Waals surface area contributed by atoms with Crippen molar-refractivity contribution in [1.29, 1.82) is 0 Å². The lowest BCUT2D eigenvalue weighted by atomic mass is 10.2. The minimum Gasteiger partial charge on any atom is -0.484 e. The van der Waals surface area contributed by atoms with Gasteiger partial charge in [0.1, 0.15) is 5.75 Å². The van der Waals surface area contributed by atoms with Gasteiger partial charge < -0.3 is 15.0 Å². The quantitative estimate of drug-likeness (QED) is 0.902. The number of carbonyl (C=O) groups excluding carboxylic acids is 1. The first-order chi connectivity index (χ1) is 11.3. The zero-order valence-corrected chi connectivity index (χ0v) is 13.2. The van der Waals surface area contributed by atoms with E-state index in [1.807, 2.05) is 31.1 Å². The molecule has 0 unspecified atom stereocenters. The molecule has 0 aliphatic carbocycles. The van der Waals surface area contributed by atoms with Crippen LogP contribution < -0.4 is 15.0 Å². The number of alkyl halides is 3. The maximum absolute atomic E-state index is 12.6. The van der Waals surface area contributed by atoms with Crippen LogP contribution in [0.25, 0.3) is 0 Å². The first-order valence-corrected chi connectivity index (χ1v) is 7.13. The molecule has 0 radical (unpaired) electrons. The molecular formula is C17H17F3N2O2. The third kappa shape index (κ3) is 4.91. The number of hydrogen-bond acceptors (Lipinski definition) is 3. The Morgan fingerprint density at radius 1 is 1.12 bits per heavy atom. The van der Waals surface area contributed by atoms with Crippen molar-refractivity contribution in [3.8, 4) is 5.75 Å². The van der Waals surface area contributed by atoms with Crippen LogP contribution in [0.3, 0.4) is 0 Å². The molecule has 0 aromatic heterocycles. The molecule has 2 aromatic carbocycles. The maximum Gasteiger partial charge on any atom is 0.416 e. The zero-order chi connectivity index (χ0) is 17.7. The van der Waals surface area contributed by atoms with E-state index in [9.17, 15) is 18.0 Å². The van der Waals surface area contributed by atoms with Gasteiger partial charge in [-0.05, 0) is 42.5 Å². The van der Waals surface area contributed by atoms with Gasteiger partial charge >= 0.3 is 6.18 Å². The number of nitrogens with one attached hydrogen (secondary N) is 1. The predicted molar refractivity (Wildman–Crippen MR) is 86.3 cm³/mol. The number of amides is 1. The van der Waals surface area contributed by atoms with E-state index in [2.05, 4.69) is 5.32 Å². The molecule has 7 heteroatoms. The summed E-state index contributed by atoms with van der Waals surface area (Å²) in [6, 6.07) is 11.5. The smallest absolute Gasteiger partial charge is 0.416 e. The van der Waals surface area contributed by atoms with Gasteiger partial charge in [0.05, 0.1) is 5.56 Å².